The predicted octanol–water partition coefficient (Wildman–Crippen LogP) is 3.01. The maximum atomic E-state index is 12.9. The number of ether oxygens (including phenoxy) is 1. The molecule has 22 heavy (non-hydrogen) atoms. The lowest BCUT2D eigenvalue weighted by Crippen LogP contribution is -2.06. The highest BCUT2D eigenvalue weighted by molar-refractivity contribution is 5.70. The summed E-state index contributed by atoms with van der Waals surface area (Å²) in [5, 5.41) is 4.00. The molecule has 8 heteroatoms. The van der Waals surface area contributed by atoms with Crippen LogP contribution < -0.4 is 10.5 Å². The quantitative estimate of drug-likeness (QED) is 0.790. The van der Waals surface area contributed by atoms with Crippen molar-refractivity contribution in [2.24, 2.45) is 0 Å². The normalized spacial score (nSPS) is 11.8. The van der Waals surface area contributed by atoms with Gasteiger partial charge >= 0.3 is 6.18 Å². The molecule has 0 saturated heterocycles. The van der Waals surface area contributed by atoms with Gasteiger partial charge < -0.3 is 10.5 Å². The Kier molecular flexibility index (Phi) is 3.16. The molecule has 0 fully saturated rings. The van der Waals surface area contributed by atoms with Gasteiger partial charge in [-0.1, -0.05) is 6.07 Å². The molecule has 0 atom stereocenters. The number of halogens is 3. The van der Waals surface area contributed by atoms with E-state index in [4.69, 9.17) is 10.5 Å². The van der Waals surface area contributed by atoms with Crippen LogP contribution in [-0.4, -0.2) is 21.7 Å². The molecular weight excluding hydrogens is 297 g/mol. The van der Waals surface area contributed by atoms with Crippen LogP contribution in [0.1, 0.15) is 5.56 Å². The Bertz CT molecular complexity index is 842. The Balaban J connectivity index is 2.29. The van der Waals surface area contributed by atoms with Crippen molar-refractivity contribution in [1.82, 2.24) is 14.6 Å². The van der Waals surface area contributed by atoms with E-state index >= 15 is 0 Å². The van der Waals surface area contributed by atoms with Crippen molar-refractivity contribution in [3.8, 4) is 17.0 Å². The van der Waals surface area contributed by atoms with Gasteiger partial charge in [0.05, 0.1) is 18.4 Å². The fourth-order valence-electron chi connectivity index (χ4n) is 2.21. The molecule has 2 aromatic heterocycles. The maximum Gasteiger partial charge on any atom is 0.416 e. The van der Waals surface area contributed by atoms with Gasteiger partial charge in [-0.05, 0) is 30.3 Å². The topological polar surface area (TPSA) is 65.4 Å². The zero-order valence-corrected chi connectivity index (χ0v) is 11.4. The maximum absolute atomic E-state index is 12.9. The van der Waals surface area contributed by atoms with E-state index in [1.807, 2.05) is 0 Å². The van der Waals surface area contributed by atoms with E-state index in [-0.39, 0.29) is 11.5 Å². The van der Waals surface area contributed by atoms with Crippen LogP contribution in [0.2, 0.25) is 0 Å². The number of hydrogen-bond donors (Lipinski definition) is 1. The van der Waals surface area contributed by atoms with Crippen molar-refractivity contribution < 1.29 is 17.9 Å². The Morgan fingerprint density at radius 1 is 1.18 bits per heavy atom. The molecule has 2 heterocycles. The highest BCUT2D eigenvalue weighted by Crippen LogP contribution is 2.37. The molecule has 0 aliphatic rings. The average Bonchev–Trinajstić information content (AvgIpc) is 2.85. The molecule has 0 bridgehead atoms. The van der Waals surface area contributed by atoms with Crippen LogP contribution in [0.3, 0.4) is 0 Å². The van der Waals surface area contributed by atoms with Crippen LogP contribution in [0.15, 0.2) is 36.4 Å². The lowest BCUT2D eigenvalue weighted by Gasteiger charge is -2.13. The minimum Gasteiger partial charge on any atom is -0.496 e. The Labute approximate surface area is 123 Å². The van der Waals surface area contributed by atoms with E-state index in [2.05, 4.69) is 10.1 Å². The number of nitrogens with zero attached hydrogens (tertiary/aromatic N) is 3. The first-order valence-corrected chi connectivity index (χ1v) is 6.27. The number of aromatic nitrogens is 3. The van der Waals surface area contributed by atoms with Gasteiger partial charge in [0.15, 0.2) is 5.65 Å². The van der Waals surface area contributed by atoms with Gasteiger partial charge in [-0.25, -0.2) is 4.52 Å². The highest BCUT2D eigenvalue weighted by atomic mass is 19.4. The Morgan fingerprint density at radius 3 is 2.64 bits per heavy atom. The summed E-state index contributed by atoms with van der Waals surface area (Å²) in [6.07, 6.45) is -4.45. The third-order valence-corrected chi connectivity index (χ3v) is 3.18. The van der Waals surface area contributed by atoms with Crippen LogP contribution >= 0.6 is 0 Å². The molecule has 0 aliphatic heterocycles. The molecule has 0 aliphatic carbocycles. The number of hydrogen-bond acceptors (Lipinski definition) is 4. The zero-order chi connectivity index (χ0) is 15.9. The number of fused-ring (bicyclic) bond motifs is 1. The van der Waals surface area contributed by atoms with Crippen molar-refractivity contribution in [1.29, 1.82) is 0 Å². The average molecular weight is 308 g/mol. The lowest BCUT2D eigenvalue weighted by molar-refractivity contribution is -0.137. The van der Waals surface area contributed by atoms with Gasteiger partial charge in [-0.3, -0.25) is 0 Å². The fourth-order valence-corrected chi connectivity index (χ4v) is 2.21. The van der Waals surface area contributed by atoms with E-state index in [1.54, 1.807) is 18.2 Å². The van der Waals surface area contributed by atoms with Crippen molar-refractivity contribution in [2.75, 3.05) is 12.8 Å². The molecule has 0 spiro atoms. The van der Waals surface area contributed by atoms with E-state index in [0.717, 1.165) is 12.1 Å². The zero-order valence-electron chi connectivity index (χ0n) is 11.4. The second-order valence-corrected chi connectivity index (χ2v) is 4.56. The van der Waals surface area contributed by atoms with Crippen LogP contribution in [0.25, 0.3) is 16.9 Å². The molecule has 3 aromatic rings. The molecule has 3 rings (SSSR count). The standard InChI is InChI=1S/C14H11F3N4O/c1-22-11-6-5-8(14(15,16)17)7-9(11)10-3-2-4-12-19-13(18)20-21(10)12/h2-7H,1H3,(H2,18,20). The third-order valence-electron chi connectivity index (χ3n) is 3.18. The molecule has 5 nitrogen and oxygen atoms in total. The lowest BCUT2D eigenvalue weighted by atomic mass is 10.1. The molecule has 114 valence electrons. The van der Waals surface area contributed by atoms with Crippen LogP contribution in [0.5, 0.6) is 5.75 Å². The highest BCUT2D eigenvalue weighted by Gasteiger charge is 2.31. The van der Waals surface area contributed by atoms with Gasteiger partial charge in [0.25, 0.3) is 0 Å². The molecule has 2 N–H and O–H groups in total. The minimum atomic E-state index is -4.45. The van der Waals surface area contributed by atoms with E-state index < -0.39 is 11.7 Å². The van der Waals surface area contributed by atoms with Crippen molar-refractivity contribution in [3.05, 3.63) is 42.0 Å². The van der Waals surface area contributed by atoms with Crippen LogP contribution in [-0.2, 0) is 6.18 Å². The van der Waals surface area contributed by atoms with E-state index in [1.165, 1.54) is 17.7 Å². The number of pyridine rings is 1. The Hall–Kier alpha value is -2.77. The first kappa shape index (κ1) is 14.2. The second-order valence-electron chi connectivity index (χ2n) is 4.56. The number of nitrogens with two attached hydrogens (primary N) is 1. The Morgan fingerprint density at radius 2 is 1.95 bits per heavy atom. The first-order chi connectivity index (χ1) is 10.4. The summed E-state index contributed by atoms with van der Waals surface area (Å²) in [4.78, 5) is 3.99. The number of methoxy groups -OCH3 is 1. The molecule has 0 radical (unpaired) electrons. The van der Waals surface area contributed by atoms with Gasteiger partial charge in [0.1, 0.15) is 5.75 Å². The third kappa shape index (κ3) is 2.32. The summed E-state index contributed by atoms with van der Waals surface area (Å²) in [5.74, 6) is 0.341. The smallest absolute Gasteiger partial charge is 0.416 e. The van der Waals surface area contributed by atoms with E-state index in [9.17, 15) is 13.2 Å². The largest absolute Gasteiger partial charge is 0.496 e. The summed E-state index contributed by atoms with van der Waals surface area (Å²) >= 11 is 0. The molecule has 0 unspecified atom stereocenters. The predicted molar refractivity (Wildman–Crippen MR) is 74.4 cm³/mol. The van der Waals surface area contributed by atoms with E-state index in [0.29, 0.717) is 17.1 Å². The van der Waals surface area contributed by atoms with Crippen molar-refractivity contribution >= 4 is 11.6 Å². The van der Waals surface area contributed by atoms with Crippen molar-refractivity contribution in [2.45, 2.75) is 6.18 Å². The number of benzene rings is 1. The molecule has 0 saturated carbocycles. The number of alkyl halides is 3. The first-order valence-electron chi connectivity index (χ1n) is 6.27. The minimum absolute atomic E-state index is 0.0402. The molecular formula is C14H11F3N4O. The number of nitrogen functional groups attached to an aromatic ring is 1. The summed E-state index contributed by atoms with van der Waals surface area (Å²) in [5.41, 5.74) is 5.89. The number of anilines is 1. The van der Waals surface area contributed by atoms with Gasteiger partial charge in [-0.2, -0.15) is 18.2 Å². The molecule has 0 amide bonds. The number of rotatable bonds is 2. The summed E-state index contributed by atoms with van der Waals surface area (Å²) < 4.78 is 45.4. The van der Waals surface area contributed by atoms with Crippen LogP contribution in [0.4, 0.5) is 19.1 Å². The summed E-state index contributed by atoms with van der Waals surface area (Å²) in [7, 11) is 1.39. The summed E-state index contributed by atoms with van der Waals surface area (Å²) in [6.45, 7) is 0. The van der Waals surface area contributed by atoms with Crippen molar-refractivity contribution in [3.63, 3.8) is 0 Å². The SMILES string of the molecule is COc1ccc(C(F)(F)F)cc1-c1cccc2nc(N)nn12. The molecule has 1 aromatic carbocycles. The van der Waals surface area contributed by atoms with Gasteiger partial charge in [0.2, 0.25) is 5.95 Å². The monoisotopic (exact) mass is 308 g/mol. The van der Waals surface area contributed by atoms with Crippen LogP contribution in [0, 0.1) is 0 Å². The van der Waals surface area contributed by atoms with Gasteiger partial charge in [0, 0.05) is 5.56 Å². The fraction of sp³-hybridized carbons (Fsp3) is 0.143. The van der Waals surface area contributed by atoms with Gasteiger partial charge in [-0.15, -0.1) is 5.10 Å². The second kappa shape index (κ2) is 4.90. The summed E-state index contributed by atoms with van der Waals surface area (Å²) in [6, 6.07) is 8.21.